The van der Waals surface area contributed by atoms with E-state index in [2.05, 4.69) is 10.2 Å². The van der Waals surface area contributed by atoms with Crippen LogP contribution in [0.25, 0.3) is 0 Å². The Bertz CT molecular complexity index is 894. The van der Waals surface area contributed by atoms with Crippen LogP contribution < -0.4 is 19.9 Å². The van der Waals surface area contributed by atoms with Crippen molar-refractivity contribution in [3.63, 3.8) is 0 Å². The maximum atomic E-state index is 15.2. The first-order chi connectivity index (χ1) is 14.6. The summed E-state index contributed by atoms with van der Waals surface area (Å²) in [6.45, 7) is 0.507. The molecule has 4 aliphatic heterocycles. The van der Waals surface area contributed by atoms with Gasteiger partial charge in [-0.3, -0.25) is 9.69 Å². The van der Waals surface area contributed by atoms with Crippen LogP contribution in [0.3, 0.4) is 0 Å². The summed E-state index contributed by atoms with van der Waals surface area (Å²) < 4.78 is 26.7. The number of amides is 2. The smallest absolute Gasteiger partial charge is 0.415 e. The summed E-state index contributed by atoms with van der Waals surface area (Å²) in [5, 5.41) is 2.86. The highest BCUT2D eigenvalue weighted by Gasteiger charge is 2.48. The van der Waals surface area contributed by atoms with Gasteiger partial charge in [0.1, 0.15) is 30.3 Å². The molecule has 3 saturated heterocycles. The first-order valence-electron chi connectivity index (χ1n) is 10.7. The highest BCUT2D eigenvalue weighted by atomic mass is 32.2. The summed E-state index contributed by atoms with van der Waals surface area (Å²) >= 11 is 1.94. The molecule has 4 atom stereocenters. The molecule has 30 heavy (non-hydrogen) atoms. The van der Waals surface area contributed by atoms with E-state index in [0.717, 1.165) is 37.2 Å². The van der Waals surface area contributed by atoms with E-state index in [1.165, 1.54) is 11.0 Å². The zero-order valence-corrected chi connectivity index (χ0v) is 17.3. The fraction of sp³-hybridized carbons (Fsp3) is 0.619. The Balaban J connectivity index is 1.25. The second kappa shape index (κ2) is 6.93. The van der Waals surface area contributed by atoms with Crippen LogP contribution >= 0.6 is 11.8 Å². The number of carbonyl (C=O) groups is 2. The number of fused-ring (bicyclic) bond motifs is 5. The second-order valence-electron chi connectivity index (χ2n) is 8.79. The minimum absolute atomic E-state index is 0.00615. The fourth-order valence-corrected chi connectivity index (χ4v) is 6.46. The summed E-state index contributed by atoms with van der Waals surface area (Å²) in [5.74, 6) is 2.31. The summed E-state index contributed by atoms with van der Waals surface area (Å²) in [6.07, 6.45) is 2.99. The van der Waals surface area contributed by atoms with E-state index in [4.69, 9.17) is 9.47 Å². The lowest BCUT2D eigenvalue weighted by molar-refractivity contribution is -0.122. The lowest BCUT2D eigenvalue weighted by Gasteiger charge is -2.38. The molecule has 0 radical (unpaired) electrons. The summed E-state index contributed by atoms with van der Waals surface area (Å²) in [6, 6.07) is 3.49. The molecule has 2 bridgehead atoms. The van der Waals surface area contributed by atoms with Gasteiger partial charge in [-0.2, -0.15) is 11.8 Å². The predicted octanol–water partition coefficient (Wildman–Crippen LogP) is 2.52. The van der Waals surface area contributed by atoms with E-state index in [9.17, 15) is 9.59 Å². The molecule has 5 aliphatic rings. The molecule has 160 valence electrons. The van der Waals surface area contributed by atoms with Crippen LogP contribution in [0.5, 0.6) is 5.75 Å². The number of anilines is 2. The van der Waals surface area contributed by atoms with Crippen molar-refractivity contribution < 1.29 is 23.5 Å². The van der Waals surface area contributed by atoms with Gasteiger partial charge in [0.15, 0.2) is 0 Å². The topological polar surface area (TPSA) is 71.1 Å². The Kier molecular flexibility index (Phi) is 4.30. The van der Waals surface area contributed by atoms with Crippen LogP contribution in [0.1, 0.15) is 25.7 Å². The van der Waals surface area contributed by atoms with Crippen molar-refractivity contribution >= 4 is 35.1 Å². The number of hydrogen-bond acceptors (Lipinski definition) is 6. The van der Waals surface area contributed by atoms with E-state index in [1.807, 2.05) is 11.8 Å². The Hall–Kier alpha value is -2.16. The van der Waals surface area contributed by atoms with Crippen LogP contribution in [0.4, 0.5) is 20.6 Å². The van der Waals surface area contributed by atoms with Gasteiger partial charge in [-0.15, -0.1) is 0 Å². The van der Waals surface area contributed by atoms with Gasteiger partial charge in [-0.25, -0.2) is 9.18 Å². The van der Waals surface area contributed by atoms with Crippen molar-refractivity contribution in [1.29, 1.82) is 0 Å². The minimum atomic E-state index is -0.517. The first kappa shape index (κ1) is 18.6. The van der Waals surface area contributed by atoms with Crippen molar-refractivity contribution in [3.8, 4) is 5.75 Å². The number of hydrogen-bond donors (Lipinski definition) is 1. The number of nitrogens with one attached hydrogen (secondary N) is 1. The number of nitrogens with zero attached hydrogens (tertiary/aromatic N) is 2. The Morgan fingerprint density at radius 1 is 1.17 bits per heavy atom. The van der Waals surface area contributed by atoms with Crippen LogP contribution in [-0.4, -0.2) is 60.9 Å². The molecule has 0 unspecified atom stereocenters. The zero-order chi connectivity index (χ0) is 20.4. The highest BCUT2D eigenvalue weighted by Crippen LogP contribution is 2.45. The van der Waals surface area contributed by atoms with E-state index in [0.29, 0.717) is 29.2 Å². The van der Waals surface area contributed by atoms with E-state index < -0.39 is 12.2 Å². The molecule has 6 rings (SSSR count). The first-order valence-corrected chi connectivity index (χ1v) is 11.9. The van der Waals surface area contributed by atoms with Crippen molar-refractivity contribution in [2.75, 3.05) is 34.5 Å². The maximum Gasteiger partial charge on any atom is 0.415 e. The number of ether oxygens (including phenoxy) is 2. The van der Waals surface area contributed by atoms with Gasteiger partial charge in [0, 0.05) is 41.6 Å². The van der Waals surface area contributed by atoms with E-state index in [1.54, 1.807) is 6.07 Å². The van der Waals surface area contributed by atoms with Crippen LogP contribution in [0.15, 0.2) is 12.1 Å². The minimum Gasteiger partial charge on any atom is -0.489 e. The number of carbonyl (C=O) groups excluding carboxylic acids is 2. The standard InChI is InChI=1S/C21H24FN3O4S/c22-14-5-16-18(6-15(14)24-12-3-4-13(24)10-30-9-12)28-8-17-19(29-21(27)25(16)17)7-23-20(26)11-1-2-11/h5-6,11-13,17,19H,1-4,7-10H2,(H,23,26)/t12-,13+,17-,19-/m0/s1. The third-order valence-corrected chi connectivity index (χ3v) is 8.09. The molecule has 1 aliphatic carbocycles. The average molecular weight is 434 g/mol. The average Bonchev–Trinajstić information content (AvgIpc) is 3.50. The van der Waals surface area contributed by atoms with Crippen LogP contribution in [0.2, 0.25) is 0 Å². The van der Waals surface area contributed by atoms with Crippen LogP contribution in [0, 0.1) is 11.7 Å². The van der Waals surface area contributed by atoms with Crippen molar-refractivity contribution in [3.05, 3.63) is 17.9 Å². The number of halogens is 1. The van der Waals surface area contributed by atoms with E-state index >= 15 is 4.39 Å². The molecule has 4 heterocycles. The molecule has 1 aromatic carbocycles. The Morgan fingerprint density at radius 2 is 1.93 bits per heavy atom. The second-order valence-corrected chi connectivity index (χ2v) is 9.87. The number of benzene rings is 1. The quantitative estimate of drug-likeness (QED) is 0.787. The monoisotopic (exact) mass is 433 g/mol. The predicted molar refractivity (Wildman–Crippen MR) is 111 cm³/mol. The lowest BCUT2D eigenvalue weighted by atomic mass is 10.1. The highest BCUT2D eigenvalue weighted by molar-refractivity contribution is 7.99. The third-order valence-electron chi connectivity index (χ3n) is 6.85. The fourth-order valence-electron chi connectivity index (χ4n) is 5.13. The SMILES string of the molecule is O=C(NC[C@@H]1OC(=O)N2c3cc(F)c(N4[C@@H]5CC[C@H]4CSC5)cc3OC[C@@H]12)C1CC1. The number of cyclic esters (lactones) is 1. The van der Waals surface area contributed by atoms with Gasteiger partial charge >= 0.3 is 6.09 Å². The normalized spacial score (nSPS) is 31.7. The maximum absolute atomic E-state index is 15.2. The molecule has 1 aromatic rings. The van der Waals surface area contributed by atoms with Gasteiger partial charge in [0.25, 0.3) is 0 Å². The molecule has 1 saturated carbocycles. The van der Waals surface area contributed by atoms with Gasteiger partial charge < -0.3 is 19.7 Å². The Morgan fingerprint density at radius 3 is 2.67 bits per heavy atom. The molecule has 4 fully saturated rings. The van der Waals surface area contributed by atoms with Crippen molar-refractivity contribution in [2.24, 2.45) is 5.92 Å². The number of rotatable bonds is 4. The lowest BCUT2D eigenvalue weighted by Crippen LogP contribution is -2.48. The molecule has 0 aromatic heterocycles. The zero-order valence-electron chi connectivity index (χ0n) is 16.5. The molecule has 0 spiro atoms. The molecular weight excluding hydrogens is 409 g/mol. The molecule has 9 heteroatoms. The van der Waals surface area contributed by atoms with Crippen molar-refractivity contribution in [1.82, 2.24) is 5.32 Å². The van der Waals surface area contributed by atoms with E-state index in [-0.39, 0.29) is 36.8 Å². The molecule has 2 amide bonds. The summed E-state index contributed by atoms with van der Waals surface area (Å²) in [7, 11) is 0. The van der Waals surface area contributed by atoms with Crippen LogP contribution in [-0.2, 0) is 9.53 Å². The van der Waals surface area contributed by atoms with Gasteiger partial charge in [0.2, 0.25) is 5.91 Å². The van der Waals surface area contributed by atoms with Crippen molar-refractivity contribution in [2.45, 2.75) is 49.9 Å². The largest absolute Gasteiger partial charge is 0.489 e. The Labute approximate surface area is 178 Å². The van der Waals surface area contributed by atoms with Gasteiger partial charge in [0.05, 0.1) is 17.9 Å². The number of thioether (sulfide) groups is 1. The summed E-state index contributed by atoms with van der Waals surface area (Å²) in [5.41, 5.74) is 0.980. The third kappa shape index (κ3) is 2.92. The summed E-state index contributed by atoms with van der Waals surface area (Å²) in [4.78, 5) is 28.2. The molecule has 7 nitrogen and oxygen atoms in total. The van der Waals surface area contributed by atoms with Gasteiger partial charge in [-0.1, -0.05) is 0 Å². The van der Waals surface area contributed by atoms with Gasteiger partial charge in [-0.05, 0) is 25.7 Å². The molecular formula is C21H24FN3O4S. The molecule has 1 N–H and O–H groups in total.